The molecule has 1 unspecified atom stereocenters. The number of aromatic amines is 2. The molecule has 1 fully saturated rings. The van der Waals surface area contributed by atoms with Gasteiger partial charge in [0.1, 0.15) is 12.6 Å². The summed E-state index contributed by atoms with van der Waals surface area (Å²) in [5.74, 6) is -2.51. The predicted molar refractivity (Wildman–Crippen MR) is 229 cm³/mol. The molecular formula is C45H40ClF3N8O7. The van der Waals surface area contributed by atoms with Gasteiger partial charge in [0, 0.05) is 42.4 Å². The van der Waals surface area contributed by atoms with E-state index in [9.17, 15) is 41.9 Å². The van der Waals surface area contributed by atoms with Crippen LogP contribution in [0.25, 0.3) is 28.2 Å². The number of imide groups is 2. The van der Waals surface area contributed by atoms with Gasteiger partial charge >= 0.3 is 6.18 Å². The lowest BCUT2D eigenvalue weighted by atomic mass is 9.99. The number of hydrogen-bond donors (Lipinski definition) is 5. The number of nitrogens with one attached hydrogen (secondary N) is 5. The number of H-pyrrole nitrogens is 2. The molecule has 0 spiro atoms. The fraction of sp³-hybridized carbons (Fsp3) is 0.267. The Labute approximate surface area is 367 Å². The minimum Gasteiger partial charge on any atom is -0.383 e. The molecule has 4 heterocycles. The smallest absolute Gasteiger partial charge is 0.383 e. The molecule has 64 heavy (non-hydrogen) atoms. The van der Waals surface area contributed by atoms with Crippen molar-refractivity contribution >= 4 is 57.9 Å². The first-order chi connectivity index (χ1) is 30.7. The molecule has 2 aliphatic rings. The average Bonchev–Trinajstić information content (AvgIpc) is 3.92. The van der Waals surface area contributed by atoms with Crippen LogP contribution in [0.5, 0.6) is 0 Å². The fourth-order valence-electron chi connectivity index (χ4n) is 7.79. The van der Waals surface area contributed by atoms with Crippen molar-refractivity contribution in [1.29, 1.82) is 0 Å². The van der Waals surface area contributed by atoms with Crippen LogP contribution < -0.4 is 21.5 Å². The summed E-state index contributed by atoms with van der Waals surface area (Å²) in [5, 5.41) is 11.5. The highest BCUT2D eigenvalue weighted by molar-refractivity contribution is 6.31. The minimum absolute atomic E-state index is 0.0192. The van der Waals surface area contributed by atoms with E-state index in [0.717, 1.165) is 28.2 Å². The summed E-state index contributed by atoms with van der Waals surface area (Å²) < 4.78 is 46.9. The maximum absolute atomic E-state index is 13.8. The van der Waals surface area contributed by atoms with Gasteiger partial charge in [-0.05, 0) is 91.3 Å². The number of halogens is 4. The van der Waals surface area contributed by atoms with Crippen LogP contribution in [0.3, 0.4) is 0 Å². The first-order valence-electron chi connectivity index (χ1n) is 20.4. The maximum Gasteiger partial charge on any atom is 0.416 e. The van der Waals surface area contributed by atoms with E-state index >= 15 is 0 Å². The van der Waals surface area contributed by atoms with E-state index in [1.807, 2.05) is 24.3 Å². The number of anilines is 1. The monoisotopic (exact) mass is 896 g/mol. The van der Waals surface area contributed by atoms with E-state index in [4.69, 9.17) is 16.3 Å². The summed E-state index contributed by atoms with van der Waals surface area (Å²) in [7, 11) is 0. The highest BCUT2D eigenvalue weighted by Crippen LogP contribution is 2.33. The van der Waals surface area contributed by atoms with Gasteiger partial charge in [0.25, 0.3) is 17.4 Å². The molecule has 1 saturated heterocycles. The van der Waals surface area contributed by atoms with Crippen molar-refractivity contribution in [3.05, 3.63) is 134 Å². The van der Waals surface area contributed by atoms with E-state index in [2.05, 4.69) is 31.0 Å². The highest BCUT2D eigenvalue weighted by atomic mass is 35.5. The number of hydrogen-bond acceptors (Lipinski definition) is 9. The standard InChI is InChI=1S/C45H40ClF3N8O7/c46-29-15-17-32-34(23-29)53-44(52-32)57-42(62)31(39(55-57)27-11-13-28(14-12-27)45(47,48)49)16-10-26-8-6-25(7-9-26)3-2-22-64-24-37(59)51-21-20-50-33-5-1-4-30-38(33)43(63)56(41(30)61)35-18-19-36(58)54-40(35)60/h1,4-9,11-15,17,23,35,50,55H,2-3,10,16,18-22,24H2,(H,51,59)(H,52,53)(H,54,58,60). The van der Waals surface area contributed by atoms with Crippen molar-refractivity contribution in [3.63, 3.8) is 0 Å². The Hall–Kier alpha value is -7.05. The van der Waals surface area contributed by atoms with Crippen molar-refractivity contribution in [2.75, 3.05) is 31.6 Å². The van der Waals surface area contributed by atoms with Crippen LogP contribution in [0.15, 0.2) is 89.7 Å². The van der Waals surface area contributed by atoms with E-state index in [0.29, 0.717) is 64.4 Å². The number of carbonyl (C=O) groups excluding carboxylic acids is 5. The Kier molecular flexibility index (Phi) is 12.5. The summed E-state index contributed by atoms with van der Waals surface area (Å²) in [6.07, 6.45) is -2.36. The third kappa shape index (κ3) is 9.33. The molecular weight excluding hydrogens is 857 g/mol. The molecule has 19 heteroatoms. The SMILES string of the molecule is O=C(COCCCc1ccc(CCc2c(-c3ccc(C(F)(F)F)cc3)[nH]n(-c3nc4ccc(Cl)cc4[nH]3)c2=O)cc1)NCCNc1cccc2c1C(=O)N(C1CCC(=O)NC1=O)C2=O. The van der Waals surface area contributed by atoms with Crippen LogP contribution in [0, 0.1) is 0 Å². The van der Waals surface area contributed by atoms with Crippen molar-refractivity contribution in [2.45, 2.75) is 50.7 Å². The molecule has 0 bridgehead atoms. The van der Waals surface area contributed by atoms with Crippen LogP contribution in [0.2, 0.25) is 5.02 Å². The van der Waals surface area contributed by atoms with Gasteiger partial charge in [-0.3, -0.25) is 44.1 Å². The number of aryl methyl sites for hydroxylation is 2. The number of ether oxygens (including phenoxy) is 1. The molecule has 15 nitrogen and oxygen atoms in total. The molecule has 330 valence electrons. The third-order valence-electron chi connectivity index (χ3n) is 11.0. The van der Waals surface area contributed by atoms with Crippen LogP contribution in [-0.4, -0.2) is 86.5 Å². The summed E-state index contributed by atoms with van der Waals surface area (Å²) in [4.78, 5) is 85.1. The van der Waals surface area contributed by atoms with Gasteiger partial charge in [-0.2, -0.15) is 17.9 Å². The highest BCUT2D eigenvalue weighted by Gasteiger charge is 2.45. The van der Waals surface area contributed by atoms with Crippen molar-refractivity contribution < 1.29 is 41.9 Å². The quantitative estimate of drug-likeness (QED) is 0.0594. The van der Waals surface area contributed by atoms with Crippen LogP contribution >= 0.6 is 11.6 Å². The van der Waals surface area contributed by atoms with E-state index in [-0.39, 0.29) is 61.9 Å². The number of rotatable bonds is 16. The van der Waals surface area contributed by atoms with Gasteiger partial charge in [0.15, 0.2) is 0 Å². The fourth-order valence-corrected chi connectivity index (χ4v) is 7.96. The number of fused-ring (bicyclic) bond motifs is 2. The molecule has 0 aliphatic carbocycles. The van der Waals surface area contributed by atoms with Gasteiger partial charge in [0.05, 0.1) is 33.4 Å². The second-order valence-corrected chi connectivity index (χ2v) is 15.8. The lowest BCUT2D eigenvalue weighted by Gasteiger charge is -2.27. The summed E-state index contributed by atoms with van der Waals surface area (Å²) >= 11 is 6.14. The van der Waals surface area contributed by atoms with E-state index < -0.39 is 47.0 Å². The molecule has 5 N–H and O–H groups in total. The molecule has 1 atom stereocenters. The lowest BCUT2D eigenvalue weighted by molar-refractivity contribution is -0.138. The van der Waals surface area contributed by atoms with Gasteiger partial charge in [-0.15, -0.1) is 0 Å². The summed E-state index contributed by atoms with van der Waals surface area (Å²) in [5.41, 5.74) is 3.81. The van der Waals surface area contributed by atoms with E-state index in [1.54, 1.807) is 30.3 Å². The number of benzene rings is 4. The zero-order valence-corrected chi connectivity index (χ0v) is 34.7. The first kappa shape index (κ1) is 43.6. The second-order valence-electron chi connectivity index (χ2n) is 15.3. The normalized spacial score (nSPS) is 15.2. The van der Waals surface area contributed by atoms with Crippen molar-refractivity contribution in [3.8, 4) is 17.2 Å². The number of nitrogens with zero attached hydrogens (tertiary/aromatic N) is 3. The first-order valence-corrected chi connectivity index (χ1v) is 20.8. The largest absolute Gasteiger partial charge is 0.416 e. The van der Waals surface area contributed by atoms with Crippen molar-refractivity contribution in [2.24, 2.45) is 0 Å². The Balaban J connectivity index is 0.796. The molecule has 8 rings (SSSR count). The molecule has 4 aromatic carbocycles. The van der Waals surface area contributed by atoms with Crippen molar-refractivity contribution in [1.82, 2.24) is 35.3 Å². The number of aromatic nitrogens is 4. The zero-order chi connectivity index (χ0) is 45.1. The van der Waals surface area contributed by atoms with Crippen LogP contribution in [0.4, 0.5) is 18.9 Å². The van der Waals surface area contributed by atoms with E-state index in [1.165, 1.54) is 22.9 Å². The van der Waals surface area contributed by atoms with Gasteiger partial charge in [0.2, 0.25) is 23.7 Å². The topological polar surface area (TPSA) is 200 Å². The Morgan fingerprint density at radius 3 is 2.38 bits per heavy atom. The molecule has 2 aromatic heterocycles. The molecule has 0 radical (unpaired) electrons. The van der Waals surface area contributed by atoms with Gasteiger partial charge in [-0.25, -0.2) is 4.98 Å². The third-order valence-corrected chi connectivity index (χ3v) is 11.3. The molecule has 0 saturated carbocycles. The molecule has 6 aromatic rings. The summed E-state index contributed by atoms with van der Waals surface area (Å²) in [6, 6.07) is 21.2. The lowest BCUT2D eigenvalue weighted by Crippen LogP contribution is -2.54. The molecule has 2 aliphatic heterocycles. The predicted octanol–water partition coefficient (Wildman–Crippen LogP) is 5.75. The second kappa shape index (κ2) is 18.4. The minimum atomic E-state index is -4.51. The maximum atomic E-state index is 13.8. The Morgan fingerprint density at radius 1 is 0.891 bits per heavy atom. The number of piperidine rings is 1. The Morgan fingerprint density at radius 2 is 1.64 bits per heavy atom. The number of amides is 5. The number of imidazole rings is 1. The number of carbonyl (C=O) groups is 5. The molecule has 5 amide bonds. The average molecular weight is 897 g/mol. The van der Waals surface area contributed by atoms with Crippen LogP contribution in [0.1, 0.15) is 62.2 Å². The van der Waals surface area contributed by atoms with Gasteiger partial charge < -0.3 is 20.4 Å². The zero-order valence-electron chi connectivity index (χ0n) is 33.9. The van der Waals surface area contributed by atoms with Gasteiger partial charge in [-0.1, -0.05) is 54.1 Å². The Bertz CT molecular complexity index is 2840. The summed E-state index contributed by atoms with van der Waals surface area (Å²) in [6.45, 7) is 0.604. The van der Waals surface area contributed by atoms with Crippen LogP contribution in [-0.2, 0) is 44.6 Å². The number of alkyl halides is 3.